The van der Waals surface area contributed by atoms with Gasteiger partial charge in [0.25, 0.3) is 0 Å². The van der Waals surface area contributed by atoms with Crippen LogP contribution in [0.2, 0.25) is 0 Å². The molecule has 1 aliphatic rings. The van der Waals surface area contributed by atoms with E-state index in [2.05, 4.69) is 15.9 Å². The van der Waals surface area contributed by atoms with Gasteiger partial charge in [0.05, 0.1) is 0 Å². The number of halogens is 1. The Hall–Kier alpha value is -0.540. The average molecular weight is 256 g/mol. The van der Waals surface area contributed by atoms with Crippen LogP contribution in [0, 0.1) is 12.8 Å². The Bertz CT molecular complexity index is 361. The minimum atomic E-state index is -0.0238. The molecule has 14 heavy (non-hydrogen) atoms. The lowest BCUT2D eigenvalue weighted by Gasteiger charge is -2.16. The van der Waals surface area contributed by atoms with E-state index >= 15 is 0 Å². The van der Waals surface area contributed by atoms with Crippen molar-refractivity contribution in [1.29, 1.82) is 0 Å². The standard InChI is InChI=1S/C11H14BrNO/c1-6-2-5-8(12)9(11(6)14)10(13)7-3-4-7/h2,5,7,10,14H,3-4,13H2,1H3/t10-/m1/s1. The third kappa shape index (κ3) is 1.66. The third-order valence-corrected chi connectivity index (χ3v) is 3.52. The van der Waals surface area contributed by atoms with Crippen molar-refractivity contribution < 1.29 is 5.11 Å². The predicted octanol–water partition coefficient (Wildman–Crippen LogP) is 2.87. The summed E-state index contributed by atoms with van der Waals surface area (Å²) in [5, 5.41) is 9.92. The number of hydrogen-bond acceptors (Lipinski definition) is 2. The van der Waals surface area contributed by atoms with Crippen molar-refractivity contribution in [2.45, 2.75) is 25.8 Å². The van der Waals surface area contributed by atoms with Gasteiger partial charge in [-0.25, -0.2) is 0 Å². The van der Waals surface area contributed by atoms with Crippen LogP contribution in [-0.2, 0) is 0 Å². The molecule has 1 fully saturated rings. The smallest absolute Gasteiger partial charge is 0.124 e. The van der Waals surface area contributed by atoms with Crippen molar-refractivity contribution in [3.8, 4) is 5.75 Å². The summed E-state index contributed by atoms with van der Waals surface area (Å²) in [4.78, 5) is 0. The Morgan fingerprint density at radius 3 is 2.71 bits per heavy atom. The first-order valence-corrected chi connectivity index (χ1v) is 5.64. The van der Waals surface area contributed by atoms with Gasteiger partial charge in [-0.15, -0.1) is 0 Å². The highest BCUT2D eigenvalue weighted by Gasteiger charge is 2.32. The maximum Gasteiger partial charge on any atom is 0.124 e. The molecule has 1 aromatic carbocycles. The average Bonchev–Trinajstić information content (AvgIpc) is 2.95. The van der Waals surface area contributed by atoms with Gasteiger partial charge in [0.2, 0.25) is 0 Å². The molecule has 0 aromatic heterocycles. The molecule has 1 saturated carbocycles. The zero-order chi connectivity index (χ0) is 10.3. The highest BCUT2D eigenvalue weighted by Crippen LogP contribution is 2.45. The van der Waals surface area contributed by atoms with E-state index in [0.29, 0.717) is 11.7 Å². The second-order valence-corrected chi connectivity index (χ2v) is 4.84. The zero-order valence-corrected chi connectivity index (χ0v) is 9.71. The first kappa shape index (κ1) is 9.99. The quantitative estimate of drug-likeness (QED) is 0.854. The molecule has 0 saturated heterocycles. The number of aryl methyl sites for hydroxylation is 1. The molecule has 0 heterocycles. The van der Waals surface area contributed by atoms with Gasteiger partial charge in [0, 0.05) is 16.1 Å². The summed E-state index contributed by atoms with van der Waals surface area (Å²) < 4.78 is 0.917. The minimum absolute atomic E-state index is 0.0238. The summed E-state index contributed by atoms with van der Waals surface area (Å²) in [7, 11) is 0. The van der Waals surface area contributed by atoms with Crippen LogP contribution in [0.15, 0.2) is 16.6 Å². The van der Waals surface area contributed by atoms with Crippen LogP contribution in [-0.4, -0.2) is 5.11 Å². The van der Waals surface area contributed by atoms with Crippen molar-refractivity contribution in [3.05, 3.63) is 27.7 Å². The van der Waals surface area contributed by atoms with Crippen LogP contribution in [0.3, 0.4) is 0 Å². The number of aromatic hydroxyl groups is 1. The lowest BCUT2D eigenvalue weighted by atomic mass is 10.00. The molecule has 1 aromatic rings. The SMILES string of the molecule is Cc1ccc(Br)c([C@H](N)C2CC2)c1O. The molecule has 1 atom stereocenters. The predicted molar refractivity (Wildman–Crippen MR) is 60.2 cm³/mol. The van der Waals surface area contributed by atoms with Gasteiger partial charge in [-0.2, -0.15) is 0 Å². The summed E-state index contributed by atoms with van der Waals surface area (Å²) in [5.74, 6) is 0.901. The lowest BCUT2D eigenvalue weighted by Crippen LogP contribution is -2.13. The maximum atomic E-state index is 9.92. The molecule has 0 spiro atoms. The van der Waals surface area contributed by atoms with E-state index in [-0.39, 0.29) is 6.04 Å². The van der Waals surface area contributed by atoms with Crippen LogP contribution >= 0.6 is 15.9 Å². The molecule has 3 heteroatoms. The topological polar surface area (TPSA) is 46.2 Å². The molecular formula is C11H14BrNO. The van der Waals surface area contributed by atoms with E-state index in [0.717, 1.165) is 15.6 Å². The molecule has 0 amide bonds. The van der Waals surface area contributed by atoms with Crippen molar-refractivity contribution >= 4 is 15.9 Å². The molecule has 76 valence electrons. The Labute approximate surface area is 92.3 Å². The molecule has 0 unspecified atom stereocenters. The molecule has 0 radical (unpaired) electrons. The fourth-order valence-electron chi connectivity index (χ4n) is 1.70. The van der Waals surface area contributed by atoms with Gasteiger partial charge >= 0.3 is 0 Å². The molecule has 0 bridgehead atoms. The molecule has 2 nitrogen and oxygen atoms in total. The number of rotatable bonds is 2. The molecule has 1 aliphatic carbocycles. The highest BCUT2D eigenvalue weighted by molar-refractivity contribution is 9.10. The van der Waals surface area contributed by atoms with Crippen LogP contribution < -0.4 is 5.73 Å². The van der Waals surface area contributed by atoms with Gasteiger partial charge in [-0.3, -0.25) is 0 Å². The van der Waals surface area contributed by atoms with Gasteiger partial charge in [-0.05, 0) is 37.3 Å². The van der Waals surface area contributed by atoms with Crippen LogP contribution in [0.1, 0.15) is 30.0 Å². The number of nitrogens with two attached hydrogens (primary N) is 1. The summed E-state index contributed by atoms with van der Waals surface area (Å²) in [6, 6.07) is 3.82. The molecule has 2 rings (SSSR count). The summed E-state index contributed by atoms with van der Waals surface area (Å²) in [5.41, 5.74) is 7.84. The molecular weight excluding hydrogens is 242 g/mol. The first-order valence-electron chi connectivity index (χ1n) is 4.85. The number of phenols is 1. The third-order valence-electron chi connectivity index (χ3n) is 2.83. The monoisotopic (exact) mass is 255 g/mol. The zero-order valence-electron chi connectivity index (χ0n) is 8.13. The Morgan fingerprint density at radius 1 is 1.50 bits per heavy atom. The van der Waals surface area contributed by atoms with E-state index in [9.17, 15) is 5.11 Å². The van der Waals surface area contributed by atoms with E-state index in [4.69, 9.17) is 5.73 Å². The van der Waals surface area contributed by atoms with Crippen molar-refractivity contribution in [2.24, 2.45) is 11.7 Å². The highest BCUT2D eigenvalue weighted by atomic mass is 79.9. The van der Waals surface area contributed by atoms with Crippen molar-refractivity contribution in [2.75, 3.05) is 0 Å². The minimum Gasteiger partial charge on any atom is -0.507 e. The van der Waals surface area contributed by atoms with Gasteiger partial charge in [0.1, 0.15) is 5.75 Å². The number of phenolic OH excluding ortho intramolecular Hbond substituents is 1. The van der Waals surface area contributed by atoms with E-state index in [1.165, 1.54) is 12.8 Å². The summed E-state index contributed by atoms with van der Waals surface area (Å²) in [6.07, 6.45) is 2.36. The lowest BCUT2D eigenvalue weighted by molar-refractivity contribution is 0.451. The second-order valence-electron chi connectivity index (χ2n) is 3.99. The van der Waals surface area contributed by atoms with Crippen LogP contribution in [0.4, 0.5) is 0 Å². The molecule has 0 aliphatic heterocycles. The van der Waals surface area contributed by atoms with E-state index in [1.807, 2.05) is 19.1 Å². The second kappa shape index (κ2) is 3.55. The first-order chi connectivity index (χ1) is 6.61. The Balaban J connectivity index is 2.43. The largest absolute Gasteiger partial charge is 0.507 e. The normalized spacial score (nSPS) is 18.2. The Morgan fingerprint density at radius 2 is 2.14 bits per heavy atom. The van der Waals surface area contributed by atoms with Gasteiger partial charge in [-0.1, -0.05) is 22.0 Å². The van der Waals surface area contributed by atoms with Crippen LogP contribution in [0.25, 0.3) is 0 Å². The van der Waals surface area contributed by atoms with Crippen LogP contribution in [0.5, 0.6) is 5.75 Å². The fraction of sp³-hybridized carbons (Fsp3) is 0.455. The van der Waals surface area contributed by atoms with Crippen molar-refractivity contribution in [3.63, 3.8) is 0 Å². The van der Waals surface area contributed by atoms with Gasteiger partial charge in [0.15, 0.2) is 0 Å². The fourth-order valence-corrected chi connectivity index (χ4v) is 2.28. The van der Waals surface area contributed by atoms with Gasteiger partial charge < -0.3 is 10.8 Å². The van der Waals surface area contributed by atoms with Crippen molar-refractivity contribution in [1.82, 2.24) is 0 Å². The summed E-state index contributed by atoms with van der Waals surface area (Å²) in [6.45, 7) is 1.89. The number of benzene rings is 1. The van der Waals surface area contributed by atoms with E-state index in [1.54, 1.807) is 0 Å². The maximum absolute atomic E-state index is 9.92. The Kier molecular flexibility index (Phi) is 2.54. The molecule has 3 N–H and O–H groups in total. The summed E-state index contributed by atoms with van der Waals surface area (Å²) >= 11 is 3.44. The number of hydrogen-bond donors (Lipinski definition) is 2. The van der Waals surface area contributed by atoms with E-state index < -0.39 is 0 Å².